The molecule has 3 rings (SSSR count). The van der Waals surface area contributed by atoms with Gasteiger partial charge in [-0.2, -0.15) is 9.97 Å². The molecule has 3 aromatic heterocycles. The zero-order valence-electron chi connectivity index (χ0n) is 15.1. The molecule has 0 aliphatic carbocycles. The van der Waals surface area contributed by atoms with Gasteiger partial charge in [-0.05, 0) is 23.8 Å². The molecule has 0 saturated heterocycles. The molecule has 3 heterocycles. The molecule has 2 N–H and O–H groups in total. The highest BCUT2D eigenvalue weighted by atomic mass is 35.5. The van der Waals surface area contributed by atoms with Gasteiger partial charge in [0, 0.05) is 25.5 Å². The number of rotatable bonds is 6. The van der Waals surface area contributed by atoms with E-state index in [0.29, 0.717) is 6.54 Å². The minimum Gasteiger partial charge on any atom is -0.417 e. The molecule has 0 atom stereocenters. The number of nitrogens with one attached hydrogen (secondary N) is 1. The first-order chi connectivity index (χ1) is 14.3. The summed E-state index contributed by atoms with van der Waals surface area (Å²) < 4.78 is 5.34. The molecule has 12 heteroatoms. The smallest absolute Gasteiger partial charge is 0.241 e. The van der Waals surface area contributed by atoms with E-state index in [9.17, 15) is 0 Å². The number of hydrogen-bond acceptors (Lipinski definition) is 6. The van der Waals surface area contributed by atoms with Crippen LogP contribution in [0.4, 0.5) is 0 Å². The number of aliphatic hydroxyl groups excluding tert-OH is 1. The molecule has 30 heavy (non-hydrogen) atoms. The van der Waals surface area contributed by atoms with Gasteiger partial charge in [-0.25, -0.2) is 0 Å². The Bertz CT molecular complexity index is 923. The Morgan fingerprint density at radius 3 is 1.90 bits per heavy atom. The number of aromatic nitrogens is 3. The molecule has 0 bridgehead atoms. The van der Waals surface area contributed by atoms with Gasteiger partial charge in [0.05, 0.1) is 16.7 Å². The topological polar surface area (TPSA) is 80.2 Å². The van der Waals surface area contributed by atoms with Crippen molar-refractivity contribution in [1.29, 1.82) is 0 Å². The quantitative estimate of drug-likeness (QED) is 0.285. The molecule has 0 spiro atoms. The van der Waals surface area contributed by atoms with Gasteiger partial charge in [-0.15, -0.1) is 0 Å². The molecular formula is C18H14Cl6N4O2. The first-order valence-electron chi connectivity index (χ1n) is 8.23. The Morgan fingerprint density at radius 2 is 1.43 bits per heavy atom. The summed E-state index contributed by atoms with van der Waals surface area (Å²) in [7, 11) is 0. The van der Waals surface area contributed by atoms with Crippen molar-refractivity contribution in [3.63, 3.8) is 0 Å². The van der Waals surface area contributed by atoms with Gasteiger partial charge >= 0.3 is 0 Å². The lowest BCUT2D eigenvalue weighted by Crippen LogP contribution is -2.17. The zero-order chi connectivity index (χ0) is 22.1. The van der Waals surface area contributed by atoms with Crippen molar-refractivity contribution in [1.82, 2.24) is 20.3 Å². The molecule has 0 radical (unpaired) electrons. The van der Waals surface area contributed by atoms with Crippen LogP contribution in [0.25, 0.3) is 0 Å². The predicted octanol–water partition coefficient (Wildman–Crippen LogP) is 6.35. The van der Waals surface area contributed by atoms with E-state index in [1.807, 2.05) is 18.3 Å². The summed E-state index contributed by atoms with van der Waals surface area (Å²) in [5.41, 5.74) is 1.14. The predicted molar refractivity (Wildman–Crippen MR) is 122 cm³/mol. The van der Waals surface area contributed by atoms with Crippen LogP contribution < -0.4 is 10.1 Å². The second-order valence-corrected chi connectivity index (χ2v) is 7.80. The lowest BCUT2D eigenvalue weighted by molar-refractivity contribution is 0.292. The number of halogens is 6. The molecular weight excluding hydrogens is 517 g/mol. The molecule has 0 aliphatic rings. The van der Waals surface area contributed by atoms with Crippen molar-refractivity contribution in [2.24, 2.45) is 0 Å². The summed E-state index contributed by atoms with van der Waals surface area (Å²) in [5, 5.41) is 12.3. The van der Waals surface area contributed by atoms with Crippen LogP contribution >= 0.6 is 69.6 Å². The van der Waals surface area contributed by atoms with Crippen molar-refractivity contribution in [2.45, 2.75) is 6.54 Å². The highest BCUT2D eigenvalue weighted by Gasteiger charge is 2.14. The lowest BCUT2D eigenvalue weighted by atomic mass is 10.3. The summed E-state index contributed by atoms with van der Waals surface area (Å²) in [6, 6.07) is 6.67. The van der Waals surface area contributed by atoms with E-state index >= 15 is 0 Å². The number of aliphatic hydroxyl groups is 1. The van der Waals surface area contributed by atoms with Gasteiger partial charge in [-0.3, -0.25) is 4.98 Å². The fourth-order valence-electron chi connectivity index (χ4n) is 1.91. The van der Waals surface area contributed by atoms with Crippen LogP contribution in [0.15, 0.2) is 36.7 Å². The van der Waals surface area contributed by atoms with Crippen LogP contribution in [-0.4, -0.2) is 33.2 Å². The van der Waals surface area contributed by atoms with Crippen molar-refractivity contribution in [3.05, 3.63) is 72.6 Å². The second-order valence-electron chi connectivity index (χ2n) is 5.46. The van der Waals surface area contributed by atoms with Crippen molar-refractivity contribution in [2.75, 3.05) is 13.2 Å². The lowest BCUT2D eigenvalue weighted by Gasteiger charge is -2.09. The summed E-state index contributed by atoms with van der Waals surface area (Å²) in [4.78, 5) is 11.7. The number of ether oxygens (including phenoxy) is 1. The molecule has 0 aliphatic heterocycles. The summed E-state index contributed by atoms with van der Waals surface area (Å²) in [6.07, 6.45) is 3.56. The van der Waals surface area contributed by atoms with Crippen LogP contribution in [-0.2, 0) is 6.54 Å². The third-order valence-corrected chi connectivity index (χ3v) is 5.13. The fraction of sp³-hybridized carbons (Fsp3) is 0.167. The maximum atomic E-state index is 8.47. The standard InChI is InChI=1S/C10H2Cl6N2O.C8H12N2O/c11-3-1-5(13)9(17-7(3)15)19-10-6(14)2-4(12)8(16)18-10;11-5-4-10-7-8-2-1-3-9-6-8/h1-2H;1-3,6,10-11H,4-5,7H2. The van der Waals surface area contributed by atoms with E-state index in [1.165, 1.54) is 12.1 Å². The molecule has 0 aromatic carbocycles. The number of nitrogens with zero attached hydrogens (tertiary/aromatic N) is 3. The third kappa shape index (κ3) is 7.87. The van der Waals surface area contributed by atoms with E-state index in [-0.39, 0.29) is 48.8 Å². The Balaban J connectivity index is 0.000000248. The number of pyridine rings is 3. The second kappa shape index (κ2) is 12.7. The first-order valence-corrected chi connectivity index (χ1v) is 10.5. The average Bonchev–Trinajstić information content (AvgIpc) is 2.71. The first kappa shape index (κ1) is 25.2. The van der Waals surface area contributed by atoms with Gasteiger partial charge in [0.2, 0.25) is 11.8 Å². The Hall–Kier alpha value is -1.09. The maximum Gasteiger partial charge on any atom is 0.241 e. The Labute approximate surface area is 203 Å². The van der Waals surface area contributed by atoms with Crippen molar-refractivity contribution in [3.8, 4) is 11.8 Å². The largest absolute Gasteiger partial charge is 0.417 e. The van der Waals surface area contributed by atoms with Gasteiger partial charge in [0.25, 0.3) is 0 Å². The van der Waals surface area contributed by atoms with Crippen LogP contribution in [0.5, 0.6) is 11.8 Å². The molecule has 0 amide bonds. The van der Waals surface area contributed by atoms with E-state index in [1.54, 1.807) is 6.20 Å². The summed E-state index contributed by atoms with van der Waals surface area (Å²) in [6.45, 7) is 1.59. The van der Waals surface area contributed by atoms with E-state index in [4.69, 9.17) is 79.4 Å². The normalized spacial score (nSPS) is 10.4. The summed E-state index contributed by atoms with van der Waals surface area (Å²) >= 11 is 34.9. The SMILES string of the molecule is Clc1cc(Cl)c(Oc2nc(Cl)c(Cl)cc2Cl)nc1Cl.OCCNCc1cccnc1. The van der Waals surface area contributed by atoms with Crippen molar-refractivity contribution < 1.29 is 9.84 Å². The van der Waals surface area contributed by atoms with Crippen LogP contribution in [0.1, 0.15) is 5.56 Å². The summed E-state index contributed by atoms with van der Waals surface area (Å²) in [5.74, 6) is 0.00714. The molecule has 0 unspecified atom stereocenters. The van der Waals surface area contributed by atoms with Gasteiger partial charge in [0.15, 0.2) is 10.3 Å². The molecule has 0 saturated carbocycles. The number of hydrogen-bond donors (Lipinski definition) is 2. The van der Waals surface area contributed by atoms with Gasteiger partial charge in [-0.1, -0.05) is 75.7 Å². The zero-order valence-corrected chi connectivity index (χ0v) is 19.6. The van der Waals surface area contributed by atoms with Crippen LogP contribution in [0.2, 0.25) is 30.4 Å². The molecule has 160 valence electrons. The fourth-order valence-corrected chi connectivity index (χ4v) is 2.96. The highest BCUT2D eigenvalue weighted by Crippen LogP contribution is 2.37. The monoisotopic (exact) mass is 528 g/mol. The van der Waals surface area contributed by atoms with Gasteiger partial charge < -0.3 is 15.2 Å². The Morgan fingerprint density at radius 1 is 0.867 bits per heavy atom. The van der Waals surface area contributed by atoms with E-state index in [0.717, 1.165) is 12.1 Å². The molecule has 6 nitrogen and oxygen atoms in total. The van der Waals surface area contributed by atoms with Crippen LogP contribution in [0, 0.1) is 0 Å². The minimum absolute atomic E-state index is 0.00357. The average molecular weight is 531 g/mol. The molecule has 0 fully saturated rings. The molecule has 3 aromatic rings. The van der Waals surface area contributed by atoms with E-state index < -0.39 is 0 Å². The van der Waals surface area contributed by atoms with Crippen LogP contribution in [0.3, 0.4) is 0 Å². The Kier molecular flexibility index (Phi) is 10.6. The maximum absolute atomic E-state index is 8.47. The van der Waals surface area contributed by atoms with Crippen molar-refractivity contribution >= 4 is 69.6 Å². The third-order valence-electron chi connectivity index (χ3n) is 3.24. The van der Waals surface area contributed by atoms with Gasteiger partial charge in [0.1, 0.15) is 10.0 Å². The van der Waals surface area contributed by atoms with E-state index in [2.05, 4.69) is 20.3 Å². The minimum atomic E-state index is 0.00357. The highest BCUT2D eigenvalue weighted by molar-refractivity contribution is 6.43.